The highest BCUT2D eigenvalue weighted by Gasteiger charge is 2.17. The topological polar surface area (TPSA) is 102 Å². The maximum atomic E-state index is 12.3. The largest absolute Gasteiger partial charge is 0.495 e. The number of anilines is 1. The predicted molar refractivity (Wildman–Crippen MR) is 124 cm³/mol. The third-order valence-corrected chi connectivity index (χ3v) is 4.92. The standard InChI is InChI=1S/C25H19N5O3/c1-16-8-9-20-23(13-16)33-25(28-20)19-10-12-32-15-22(19)30-29-18-6-4-5-17(14-18)27-24(31)21-7-2-3-11-26-21/h2-14H,15H2,1H3,(H,27,31). The molecule has 1 aliphatic heterocycles. The monoisotopic (exact) mass is 437 g/mol. The van der Waals surface area contributed by atoms with Gasteiger partial charge in [0.25, 0.3) is 5.91 Å². The molecule has 1 amide bonds. The number of azo groups is 1. The zero-order valence-electron chi connectivity index (χ0n) is 17.7. The molecule has 2 aromatic carbocycles. The molecule has 4 aromatic rings. The summed E-state index contributed by atoms with van der Waals surface area (Å²) in [5.74, 6) is 0.159. The molecule has 162 valence electrons. The molecule has 8 nitrogen and oxygen atoms in total. The van der Waals surface area contributed by atoms with Crippen LogP contribution >= 0.6 is 0 Å². The van der Waals surface area contributed by atoms with Gasteiger partial charge in [-0.1, -0.05) is 18.2 Å². The highest BCUT2D eigenvalue weighted by molar-refractivity contribution is 6.03. The number of allylic oxidation sites excluding steroid dienone is 2. The molecule has 0 saturated heterocycles. The number of ether oxygens (including phenoxy) is 1. The lowest BCUT2D eigenvalue weighted by Crippen LogP contribution is -2.13. The molecule has 0 bridgehead atoms. The van der Waals surface area contributed by atoms with Crippen molar-refractivity contribution in [1.29, 1.82) is 0 Å². The van der Waals surface area contributed by atoms with Crippen LogP contribution in [0.2, 0.25) is 0 Å². The average molecular weight is 437 g/mol. The van der Waals surface area contributed by atoms with Crippen LogP contribution in [-0.2, 0) is 4.74 Å². The quantitative estimate of drug-likeness (QED) is 0.396. The average Bonchev–Trinajstić information content (AvgIpc) is 3.27. The van der Waals surface area contributed by atoms with Crippen LogP contribution in [0.5, 0.6) is 0 Å². The number of carbonyl (C=O) groups excluding carboxylic acids is 1. The highest BCUT2D eigenvalue weighted by atomic mass is 16.5. The molecule has 1 aliphatic rings. The Morgan fingerprint density at radius 2 is 2.00 bits per heavy atom. The molecule has 0 unspecified atom stereocenters. The number of amides is 1. The van der Waals surface area contributed by atoms with Gasteiger partial charge in [0.1, 0.15) is 23.5 Å². The van der Waals surface area contributed by atoms with E-state index in [1.807, 2.05) is 25.1 Å². The molecule has 33 heavy (non-hydrogen) atoms. The third-order valence-electron chi connectivity index (χ3n) is 4.92. The number of fused-ring (bicyclic) bond motifs is 1. The van der Waals surface area contributed by atoms with Gasteiger partial charge in [-0.15, -0.1) is 0 Å². The number of nitrogens with zero attached hydrogens (tertiary/aromatic N) is 4. The number of nitrogens with one attached hydrogen (secondary N) is 1. The van der Waals surface area contributed by atoms with Crippen LogP contribution in [0.15, 0.2) is 99.5 Å². The van der Waals surface area contributed by atoms with E-state index in [2.05, 4.69) is 25.5 Å². The fraction of sp³-hybridized carbons (Fsp3) is 0.0800. The second kappa shape index (κ2) is 8.88. The Morgan fingerprint density at radius 1 is 1.06 bits per heavy atom. The summed E-state index contributed by atoms with van der Waals surface area (Å²) in [5.41, 5.74) is 5.37. The van der Waals surface area contributed by atoms with Crippen LogP contribution < -0.4 is 5.32 Å². The first kappa shape index (κ1) is 20.3. The number of hydrogen-bond donors (Lipinski definition) is 1. The van der Waals surface area contributed by atoms with Crippen molar-refractivity contribution >= 4 is 34.0 Å². The minimum atomic E-state index is -0.299. The van der Waals surface area contributed by atoms with E-state index >= 15 is 0 Å². The van der Waals surface area contributed by atoms with Crippen molar-refractivity contribution in [1.82, 2.24) is 9.97 Å². The molecular formula is C25H19N5O3. The Labute approximate surface area is 189 Å². The van der Waals surface area contributed by atoms with Crippen molar-refractivity contribution in [3.63, 3.8) is 0 Å². The molecule has 0 fully saturated rings. The summed E-state index contributed by atoms with van der Waals surface area (Å²) >= 11 is 0. The molecule has 0 saturated carbocycles. The van der Waals surface area contributed by atoms with Gasteiger partial charge in [0, 0.05) is 11.9 Å². The Balaban J connectivity index is 1.40. The van der Waals surface area contributed by atoms with E-state index < -0.39 is 0 Å². The van der Waals surface area contributed by atoms with Crippen LogP contribution in [0.4, 0.5) is 11.4 Å². The van der Waals surface area contributed by atoms with E-state index in [9.17, 15) is 4.79 Å². The van der Waals surface area contributed by atoms with E-state index in [1.54, 1.807) is 61.0 Å². The summed E-state index contributed by atoms with van der Waals surface area (Å²) in [7, 11) is 0. The van der Waals surface area contributed by atoms with Crippen molar-refractivity contribution in [3.8, 4) is 0 Å². The summed E-state index contributed by atoms with van der Waals surface area (Å²) in [6, 6.07) is 18.1. The lowest BCUT2D eigenvalue weighted by Gasteiger charge is -2.10. The smallest absolute Gasteiger partial charge is 0.274 e. The van der Waals surface area contributed by atoms with Crippen molar-refractivity contribution in [3.05, 3.63) is 102 Å². The summed E-state index contributed by atoms with van der Waals surface area (Å²) in [5, 5.41) is 11.5. The van der Waals surface area contributed by atoms with Gasteiger partial charge < -0.3 is 14.5 Å². The maximum absolute atomic E-state index is 12.3. The molecule has 5 rings (SSSR count). The number of rotatable bonds is 5. The van der Waals surface area contributed by atoms with Gasteiger partial charge in [0.2, 0.25) is 5.89 Å². The summed E-state index contributed by atoms with van der Waals surface area (Å²) in [4.78, 5) is 21.0. The fourth-order valence-electron chi connectivity index (χ4n) is 3.30. The number of hydrogen-bond acceptors (Lipinski definition) is 7. The summed E-state index contributed by atoms with van der Waals surface area (Å²) in [6.07, 6.45) is 4.92. The van der Waals surface area contributed by atoms with Gasteiger partial charge in [-0.3, -0.25) is 9.78 Å². The first-order valence-corrected chi connectivity index (χ1v) is 10.3. The molecule has 0 spiro atoms. The molecule has 3 heterocycles. The van der Waals surface area contributed by atoms with Crippen LogP contribution in [0.25, 0.3) is 16.7 Å². The number of benzene rings is 2. The van der Waals surface area contributed by atoms with Crippen LogP contribution in [-0.4, -0.2) is 22.5 Å². The zero-order valence-corrected chi connectivity index (χ0v) is 17.7. The lowest BCUT2D eigenvalue weighted by atomic mass is 10.2. The fourth-order valence-corrected chi connectivity index (χ4v) is 3.30. The second-order valence-electron chi connectivity index (χ2n) is 7.38. The van der Waals surface area contributed by atoms with Gasteiger partial charge in [0.05, 0.1) is 17.5 Å². The zero-order chi connectivity index (χ0) is 22.6. The number of aromatic nitrogens is 2. The first-order chi connectivity index (χ1) is 16.2. The normalized spacial score (nSPS) is 13.5. The van der Waals surface area contributed by atoms with Crippen LogP contribution in [0.1, 0.15) is 21.9 Å². The van der Waals surface area contributed by atoms with Gasteiger partial charge in [-0.25, -0.2) is 4.98 Å². The molecule has 0 radical (unpaired) electrons. The van der Waals surface area contributed by atoms with Crippen molar-refractivity contribution in [2.75, 3.05) is 11.9 Å². The number of aryl methyl sites for hydroxylation is 1. The van der Waals surface area contributed by atoms with E-state index in [0.717, 1.165) is 11.1 Å². The highest BCUT2D eigenvalue weighted by Crippen LogP contribution is 2.29. The van der Waals surface area contributed by atoms with E-state index in [4.69, 9.17) is 9.15 Å². The third kappa shape index (κ3) is 4.54. The Kier molecular flexibility index (Phi) is 5.47. The van der Waals surface area contributed by atoms with E-state index in [1.165, 1.54) is 0 Å². The van der Waals surface area contributed by atoms with E-state index in [0.29, 0.717) is 39.8 Å². The number of pyridine rings is 1. The molecular weight excluding hydrogens is 418 g/mol. The number of carbonyl (C=O) groups is 1. The molecule has 0 atom stereocenters. The van der Waals surface area contributed by atoms with Crippen molar-refractivity contribution in [2.45, 2.75) is 6.92 Å². The van der Waals surface area contributed by atoms with Crippen LogP contribution in [0, 0.1) is 6.92 Å². The van der Waals surface area contributed by atoms with Crippen molar-refractivity contribution < 1.29 is 13.9 Å². The van der Waals surface area contributed by atoms with E-state index in [-0.39, 0.29) is 12.5 Å². The predicted octanol–water partition coefficient (Wildman–Crippen LogP) is 5.82. The molecule has 2 aromatic heterocycles. The lowest BCUT2D eigenvalue weighted by molar-refractivity contribution is 0.102. The Hall–Kier alpha value is -4.59. The van der Waals surface area contributed by atoms with Gasteiger partial charge in [0.15, 0.2) is 5.58 Å². The van der Waals surface area contributed by atoms with Gasteiger partial charge in [-0.2, -0.15) is 10.2 Å². The Morgan fingerprint density at radius 3 is 2.88 bits per heavy atom. The summed E-state index contributed by atoms with van der Waals surface area (Å²) in [6.45, 7) is 2.24. The van der Waals surface area contributed by atoms with Crippen molar-refractivity contribution in [2.24, 2.45) is 10.2 Å². The van der Waals surface area contributed by atoms with Crippen LogP contribution in [0.3, 0.4) is 0 Å². The van der Waals surface area contributed by atoms with Gasteiger partial charge >= 0.3 is 0 Å². The minimum Gasteiger partial charge on any atom is -0.495 e. The molecule has 8 heteroatoms. The van der Waals surface area contributed by atoms with Gasteiger partial charge in [-0.05, 0) is 61.0 Å². The molecule has 1 N–H and O–H groups in total. The minimum absolute atomic E-state index is 0.239. The maximum Gasteiger partial charge on any atom is 0.274 e. The molecule has 0 aliphatic carbocycles. The number of oxazole rings is 1. The Bertz CT molecular complexity index is 1420. The SMILES string of the molecule is Cc1ccc2nc(C3=C(N=Nc4cccc(NC(=O)c5ccccn5)c4)COC=C3)oc2c1. The first-order valence-electron chi connectivity index (χ1n) is 10.3. The summed E-state index contributed by atoms with van der Waals surface area (Å²) < 4.78 is 11.4. The second-order valence-corrected chi connectivity index (χ2v) is 7.38.